The standard InChI is InChI=1S/C10H13N5O4/c11-10-6-4(12-2-13-10)5(14-15-6)9-8(18)7(17)3(1-16)19-9/h2-3,7-9,16-18H,1H2,(H,14,15)(H2,11,12,13)/t3-,7+,8+,9-/m0/s1. The maximum atomic E-state index is 9.95. The van der Waals surface area contributed by atoms with Crippen molar-refractivity contribution in [3.05, 3.63) is 12.0 Å². The number of H-pyrrole nitrogens is 1. The number of fused-ring (bicyclic) bond motifs is 1. The minimum absolute atomic E-state index is 0.208. The lowest BCUT2D eigenvalue weighted by molar-refractivity contribution is -0.0236. The van der Waals surface area contributed by atoms with Crippen molar-refractivity contribution >= 4 is 16.9 Å². The average Bonchev–Trinajstić information content (AvgIpc) is 2.94. The van der Waals surface area contributed by atoms with E-state index in [9.17, 15) is 10.2 Å². The summed E-state index contributed by atoms with van der Waals surface area (Å²) in [4.78, 5) is 7.84. The molecule has 2 aromatic rings. The van der Waals surface area contributed by atoms with Crippen molar-refractivity contribution in [2.75, 3.05) is 12.3 Å². The molecule has 1 saturated heterocycles. The molecule has 0 amide bonds. The molecule has 0 spiro atoms. The van der Waals surface area contributed by atoms with Gasteiger partial charge in [0.05, 0.1) is 12.3 Å². The van der Waals surface area contributed by atoms with Crippen molar-refractivity contribution in [1.82, 2.24) is 20.2 Å². The highest BCUT2D eigenvalue weighted by atomic mass is 16.6. The molecular weight excluding hydrogens is 254 g/mol. The van der Waals surface area contributed by atoms with Gasteiger partial charge in [0.25, 0.3) is 0 Å². The molecule has 9 nitrogen and oxygen atoms in total. The summed E-state index contributed by atoms with van der Waals surface area (Å²) in [6.07, 6.45) is -2.79. The van der Waals surface area contributed by atoms with E-state index in [2.05, 4.69) is 20.2 Å². The van der Waals surface area contributed by atoms with Gasteiger partial charge < -0.3 is 25.8 Å². The Morgan fingerprint density at radius 2 is 2.05 bits per heavy atom. The van der Waals surface area contributed by atoms with E-state index in [1.54, 1.807) is 0 Å². The highest BCUT2D eigenvalue weighted by Crippen LogP contribution is 2.35. The van der Waals surface area contributed by atoms with E-state index in [-0.39, 0.29) is 5.82 Å². The van der Waals surface area contributed by atoms with Crippen LogP contribution in [0.1, 0.15) is 11.8 Å². The summed E-state index contributed by atoms with van der Waals surface area (Å²) >= 11 is 0. The van der Waals surface area contributed by atoms with E-state index in [4.69, 9.17) is 15.6 Å². The predicted octanol–water partition coefficient (Wildman–Crippen LogP) is -1.91. The van der Waals surface area contributed by atoms with Crippen molar-refractivity contribution in [2.24, 2.45) is 0 Å². The molecule has 1 aliphatic rings. The van der Waals surface area contributed by atoms with Crippen molar-refractivity contribution in [1.29, 1.82) is 0 Å². The topological polar surface area (TPSA) is 150 Å². The van der Waals surface area contributed by atoms with E-state index in [0.717, 1.165) is 0 Å². The minimum Gasteiger partial charge on any atom is -0.394 e. The van der Waals surface area contributed by atoms with Gasteiger partial charge in [0.2, 0.25) is 0 Å². The van der Waals surface area contributed by atoms with Crippen LogP contribution in [0.25, 0.3) is 11.0 Å². The lowest BCUT2D eigenvalue weighted by atomic mass is 10.1. The Bertz CT molecular complexity index is 603. The Morgan fingerprint density at radius 3 is 2.74 bits per heavy atom. The van der Waals surface area contributed by atoms with Crippen LogP contribution < -0.4 is 5.73 Å². The first-order valence-electron chi connectivity index (χ1n) is 5.70. The number of hydrogen-bond acceptors (Lipinski definition) is 8. The molecule has 0 aromatic carbocycles. The molecule has 6 N–H and O–H groups in total. The van der Waals surface area contributed by atoms with Gasteiger partial charge in [-0.05, 0) is 0 Å². The van der Waals surface area contributed by atoms with Gasteiger partial charge in [-0.3, -0.25) is 5.10 Å². The number of nitrogen functional groups attached to an aromatic ring is 1. The minimum atomic E-state index is -1.18. The Balaban J connectivity index is 2.04. The van der Waals surface area contributed by atoms with Crippen LogP contribution in [0.4, 0.5) is 5.82 Å². The van der Waals surface area contributed by atoms with Crippen LogP contribution >= 0.6 is 0 Å². The summed E-state index contributed by atoms with van der Waals surface area (Å²) in [7, 11) is 0. The summed E-state index contributed by atoms with van der Waals surface area (Å²) in [5.41, 5.74) is 6.84. The molecule has 0 aliphatic carbocycles. The van der Waals surface area contributed by atoms with E-state index < -0.39 is 31.0 Å². The molecule has 3 rings (SSSR count). The Kier molecular flexibility index (Phi) is 2.82. The highest BCUT2D eigenvalue weighted by Gasteiger charge is 2.44. The molecule has 19 heavy (non-hydrogen) atoms. The second kappa shape index (κ2) is 4.38. The molecule has 1 fully saturated rings. The Hall–Kier alpha value is -1.81. The number of rotatable bonds is 2. The van der Waals surface area contributed by atoms with E-state index in [0.29, 0.717) is 16.7 Å². The van der Waals surface area contributed by atoms with Gasteiger partial charge in [0.1, 0.15) is 36.3 Å². The van der Waals surface area contributed by atoms with Gasteiger partial charge in [0.15, 0.2) is 11.3 Å². The van der Waals surface area contributed by atoms with Crippen LogP contribution in [0.2, 0.25) is 0 Å². The van der Waals surface area contributed by atoms with Crippen LogP contribution in [0.3, 0.4) is 0 Å². The van der Waals surface area contributed by atoms with Crippen LogP contribution in [0.5, 0.6) is 0 Å². The fourth-order valence-corrected chi connectivity index (χ4v) is 2.21. The molecular formula is C10H13N5O4. The summed E-state index contributed by atoms with van der Waals surface area (Å²) in [5, 5.41) is 35.4. The maximum Gasteiger partial charge on any atom is 0.155 e. The molecule has 9 heteroatoms. The number of nitrogens with one attached hydrogen (secondary N) is 1. The van der Waals surface area contributed by atoms with Gasteiger partial charge in [-0.25, -0.2) is 9.97 Å². The second-order valence-electron chi connectivity index (χ2n) is 4.35. The van der Waals surface area contributed by atoms with Gasteiger partial charge in [-0.2, -0.15) is 5.10 Å². The number of ether oxygens (including phenoxy) is 1. The normalized spacial score (nSPS) is 31.1. The van der Waals surface area contributed by atoms with Crippen LogP contribution in [-0.2, 0) is 4.74 Å². The third kappa shape index (κ3) is 1.75. The Labute approximate surface area is 107 Å². The van der Waals surface area contributed by atoms with E-state index in [1.807, 2.05) is 0 Å². The van der Waals surface area contributed by atoms with E-state index in [1.165, 1.54) is 6.33 Å². The third-order valence-electron chi connectivity index (χ3n) is 3.22. The van der Waals surface area contributed by atoms with Gasteiger partial charge in [0, 0.05) is 0 Å². The van der Waals surface area contributed by atoms with Crippen LogP contribution in [0.15, 0.2) is 6.33 Å². The molecule has 1 aliphatic heterocycles. The first-order chi connectivity index (χ1) is 9.13. The van der Waals surface area contributed by atoms with Gasteiger partial charge >= 0.3 is 0 Å². The molecule has 0 saturated carbocycles. The van der Waals surface area contributed by atoms with Crippen LogP contribution in [-0.4, -0.2) is 60.4 Å². The van der Waals surface area contributed by atoms with Crippen LogP contribution in [0, 0.1) is 0 Å². The highest BCUT2D eigenvalue weighted by molar-refractivity contribution is 5.85. The van der Waals surface area contributed by atoms with Crippen molar-refractivity contribution < 1.29 is 20.1 Å². The summed E-state index contributed by atoms with van der Waals surface area (Å²) in [5.74, 6) is 0.208. The maximum absolute atomic E-state index is 9.95. The number of nitrogens with two attached hydrogens (primary N) is 1. The number of aliphatic hydroxyl groups is 3. The Morgan fingerprint density at radius 1 is 1.26 bits per heavy atom. The fourth-order valence-electron chi connectivity index (χ4n) is 2.21. The molecule has 0 bridgehead atoms. The number of nitrogens with zero attached hydrogens (tertiary/aromatic N) is 3. The zero-order chi connectivity index (χ0) is 13.6. The molecule has 0 radical (unpaired) electrons. The number of aromatic nitrogens is 4. The molecule has 102 valence electrons. The number of aromatic amines is 1. The lowest BCUT2D eigenvalue weighted by Crippen LogP contribution is -2.32. The lowest BCUT2D eigenvalue weighted by Gasteiger charge is -2.12. The van der Waals surface area contributed by atoms with Crippen molar-refractivity contribution in [2.45, 2.75) is 24.4 Å². The zero-order valence-electron chi connectivity index (χ0n) is 9.76. The number of hydrogen-bond donors (Lipinski definition) is 5. The van der Waals surface area contributed by atoms with Gasteiger partial charge in [-0.1, -0.05) is 0 Å². The van der Waals surface area contributed by atoms with Gasteiger partial charge in [-0.15, -0.1) is 0 Å². The smallest absolute Gasteiger partial charge is 0.155 e. The third-order valence-corrected chi connectivity index (χ3v) is 3.22. The summed E-state index contributed by atoms with van der Waals surface area (Å²) in [6.45, 7) is -0.391. The molecule has 3 heterocycles. The molecule has 2 aromatic heterocycles. The summed E-state index contributed by atoms with van der Waals surface area (Å²) in [6, 6.07) is 0. The molecule has 4 atom stereocenters. The zero-order valence-corrected chi connectivity index (χ0v) is 9.76. The summed E-state index contributed by atoms with van der Waals surface area (Å²) < 4.78 is 5.40. The monoisotopic (exact) mass is 267 g/mol. The first-order valence-corrected chi connectivity index (χ1v) is 5.70. The fraction of sp³-hybridized carbons (Fsp3) is 0.500. The van der Waals surface area contributed by atoms with Crippen molar-refractivity contribution in [3.63, 3.8) is 0 Å². The average molecular weight is 267 g/mol. The predicted molar refractivity (Wildman–Crippen MR) is 62.8 cm³/mol. The number of aliphatic hydroxyl groups excluding tert-OH is 3. The largest absolute Gasteiger partial charge is 0.394 e. The second-order valence-corrected chi connectivity index (χ2v) is 4.35. The quantitative estimate of drug-likeness (QED) is 0.423. The SMILES string of the molecule is Nc1ncnc2c([C@@H]3O[C@@H](CO)[C@@H](O)[C@H]3O)[nH]nc12. The van der Waals surface area contributed by atoms with E-state index >= 15 is 0 Å². The van der Waals surface area contributed by atoms with Crippen molar-refractivity contribution in [3.8, 4) is 0 Å². The number of anilines is 1. The molecule has 0 unspecified atom stereocenters. The first kappa shape index (κ1) is 12.2.